The van der Waals surface area contributed by atoms with Crippen molar-refractivity contribution in [1.82, 2.24) is 16.0 Å². The molecular weight excluding hydrogens is 703 g/mol. The third-order valence-corrected chi connectivity index (χ3v) is 13.9. The van der Waals surface area contributed by atoms with Crippen LogP contribution in [0.5, 0.6) is 0 Å². The SMILES string of the molecule is CC(C)C(C)CCc1ccccc1.CC(C)C(C)c1cccc2c1CNCC2.CC(C)[C@@H](C)c1cccc2c1CNCC2.CC(C)[C@H](C)c1cccc2c1CNCC2. The second-order valence-corrected chi connectivity index (χ2v) is 19.1. The zero-order chi connectivity index (χ0) is 42.2. The molecule has 0 spiro atoms. The summed E-state index contributed by atoms with van der Waals surface area (Å²) in [6, 6.07) is 31.2. The molecule has 4 aromatic carbocycles. The molecule has 3 N–H and O–H groups in total. The molecule has 3 nitrogen and oxygen atoms in total. The van der Waals surface area contributed by atoms with Crippen molar-refractivity contribution in [3.8, 4) is 0 Å². The van der Waals surface area contributed by atoms with Gasteiger partial charge in [-0.2, -0.15) is 0 Å². The van der Waals surface area contributed by atoms with Gasteiger partial charge in [0.15, 0.2) is 0 Å². The van der Waals surface area contributed by atoms with Crippen LogP contribution in [0, 0.1) is 29.6 Å². The van der Waals surface area contributed by atoms with Gasteiger partial charge in [0.2, 0.25) is 0 Å². The topological polar surface area (TPSA) is 36.1 Å². The van der Waals surface area contributed by atoms with Crippen molar-refractivity contribution in [1.29, 1.82) is 0 Å². The number of hydrogen-bond donors (Lipinski definition) is 3. The van der Waals surface area contributed by atoms with Crippen molar-refractivity contribution in [3.05, 3.63) is 141 Å². The van der Waals surface area contributed by atoms with Crippen LogP contribution in [-0.4, -0.2) is 19.6 Å². The van der Waals surface area contributed by atoms with Crippen LogP contribution in [0.4, 0.5) is 0 Å². The molecule has 3 heterocycles. The van der Waals surface area contributed by atoms with Crippen molar-refractivity contribution in [2.24, 2.45) is 29.6 Å². The van der Waals surface area contributed by atoms with E-state index in [4.69, 9.17) is 0 Å². The van der Waals surface area contributed by atoms with Gasteiger partial charge >= 0.3 is 0 Å². The largest absolute Gasteiger partial charge is 0.312 e. The molecule has 3 aliphatic rings. The van der Waals surface area contributed by atoms with Crippen molar-refractivity contribution >= 4 is 0 Å². The highest BCUT2D eigenvalue weighted by Crippen LogP contribution is 2.32. The zero-order valence-electron chi connectivity index (χ0n) is 39.0. The van der Waals surface area contributed by atoms with E-state index >= 15 is 0 Å². The van der Waals surface area contributed by atoms with Gasteiger partial charge in [0.25, 0.3) is 0 Å². The fraction of sp³-hybridized carbons (Fsp3) is 0.564. The molecule has 58 heavy (non-hydrogen) atoms. The summed E-state index contributed by atoms with van der Waals surface area (Å²) in [5.74, 6) is 5.80. The van der Waals surface area contributed by atoms with E-state index in [1.807, 2.05) is 0 Å². The molecule has 0 radical (unpaired) electrons. The van der Waals surface area contributed by atoms with Gasteiger partial charge in [-0.1, -0.05) is 168 Å². The molecule has 0 amide bonds. The van der Waals surface area contributed by atoms with Crippen LogP contribution >= 0.6 is 0 Å². The number of hydrogen-bond acceptors (Lipinski definition) is 3. The molecule has 4 atom stereocenters. The zero-order valence-corrected chi connectivity index (χ0v) is 39.0. The lowest BCUT2D eigenvalue weighted by molar-refractivity contribution is 0.393. The predicted molar refractivity (Wildman–Crippen MR) is 254 cm³/mol. The van der Waals surface area contributed by atoms with Crippen molar-refractivity contribution in [2.75, 3.05) is 19.6 Å². The smallest absolute Gasteiger partial charge is 0.0211 e. The maximum absolute atomic E-state index is 3.48. The lowest BCUT2D eigenvalue weighted by Gasteiger charge is -2.25. The average Bonchev–Trinajstić information content (AvgIpc) is 3.25. The van der Waals surface area contributed by atoms with Crippen LogP contribution in [0.15, 0.2) is 84.9 Å². The van der Waals surface area contributed by atoms with Gasteiger partial charge in [0.1, 0.15) is 0 Å². The average molecular weight is 786 g/mol. The minimum Gasteiger partial charge on any atom is -0.312 e. The van der Waals surface area contributed by atoms with Crippen molar-refractivity contribution in [2.45, 2.75) is 153 Å². The van der Waals surface area contributed by atoms with E-state index in [1.54, 1.807) is 50.1 Å². The number of aryl methyl sites for hydroxylation is 1. The Kier molecular flexibility index (Phi) is 19.7. The van der Waals surface area contributed by atoms with Crippen LogP contribution in [0.1, 0.15) is 163 Å². The van der Waals surface area contributed by atoms with Crippen LogP contribution in [0.3, 0.4) is 0 Å². The van der Waals surface area contributed by atoms with E-state index in [1.165, 1.54) is 37.7 Å². The van der Waals surface area contributed by atoms with E-state index in [0.29, 0.717) is 17.8 Å². The van der Waals surface area contributed by atoms with Crippen molar-refractivity contribution in [3.63, 3.8) is 0 Å². The minimum atomic E-state index is 0.667. The first-order valence-corrected chi connectivity index (χ1v) is 23.3. The Morgan fingerprint density at radius 3 is 1.05 bits per heavy atom. The minimum absolute atomic E-state index is 0.667. The maximum atomic E-state index is 3.48. The van der Waals surface area contributed by atoms with Crippen LogP contribution in [-0.2, 0) is 45.3 Å². The molecule has 3 heteroatoms. The lowest BCUT2D eigenvalue weighted by Crippen LogP contribution is -2.25. The van der Waals surface area contributed by atoms with Gasteiger partial charge < -0.3 is 16.0 Å². The van der Waals surface area contributed by atoms with Gasteiger partial charge in [-0.25, -0.2) is 0 Å². The summed E-state index contributed by atoms with van der Waals surface area (Å²) in [6.45, 7) is 34.4. The monoisotopic (exact) mass is 786 g/mol. The Balaban J connectivity index is 0.000000171. The normalized spacial score (nSPS) is 16.6. The van der Waals surface area contributed by atoms with E-state index in [9.17, 15) is 0 Å². The Hall–Kier alpha value is -3.24. The van der Waals surface area contributed by atoms with E-state index in [2.05, 4.69) is 184 Å². The number of benzene rings is 4. The summed E-state index contributed by atoms with van der Waals surface area (Å²) < 4.78 is 0. The second-order valence-electron chi connectivity index (χ2n) is 19.1. The Morgan fingerprint density at radius 1 is 0.397 bits per heavy atom. The summed E-state index contributed by atoms with van der Waals surface area (Å²) in [6.07, 6.45) is 6.10. The molecule has 318 valence electrons. The highest BCUT2D eigenvalue weighted by Gasteiger charge is 2.20. The molecule has 0 bridgehead atoms. The third-order valence-electron chi connectivity index (χ3n) is 13.9. The van der Waals surface area contributed by atoms with Crippen molar-refractivity contribution < 1.29 is 0 Å². The first kappa shape index (κ1) is 47.4. The Labute approximate surface area is 357 Å². The summed E-state index contributed by atoms with van der Waals surface area (Å²) in [4.78, 5) is 0. The van der Waals surface area contributed by atoms with Gasteiger partial charge in [0, 0.05) is 19.6 Å². The maximum Gasteiger partial charge on any atom is 0.0211 e. The molecule has 0 saturated carbocycles. The highest BCUT2D eigenvalue weighted by atomic mass is 14.9. The van der Waals surface area contributed by atoms with Gasteiger partial charge in [-0.3, -0.25) is 0 Å². The van der Waals surface area contributed by atoms with E-state index < -0.39 is 0 Å². The lowest BCUT2D eigenvalue weighted by atomic mass is 9.84. The summed E-state index contributed by atoms with van der Waals surface area (Å²) in [5, 5.41) is 10.4. The molecule has 0 saturated heterocycles. The fourth-order valence-corrected chi connectivity index (χ4v) is 8.35. The summed E-state index contributed by atoms with van der Waals surface area (Å²) >= 11 is 0. The van der Waals surface area contributed by atoms with Crippen LogP contribution in [0.25, 0.3) is 0 Å². The predicted octanol–water partition coefficient (Wildman–Crippen LogP) is 13.2. The molecular formula is C55H83N3. The van der Waals surface area contributed by atoms with E-state index in [-0.39, 0.29) is 0 Å². The first-order valence-electron chi connectivity index (χ1n) is 23.3. The second kappa shape index (κ2) is 24.1. The summed E-state index contributed by atoms with van der Waals surface area (Å²) in [7, 11) is 0. The summed E-state index contributed by atoms with van der Waals surface area (Å²) in [5.41, 5.74) is 15.5. The molecule has 0 aliphatic carbocycles. The van der Waals surface area contributed by atoms with Crippen LogP contribution < -0.4 is 16.0 Å². The van der Waals surface area contributed by atoms with Gasteiger partial charge in [0.05, 0.1) is 0 Å². The molecule has 4 aromatic rings. The number of rotatable bonds is 10. The molecule has 0 aromatic heterocycles. The quantitative estimate of drug-likeness (QED) is 0.150. The van der Waals surface area contributed by atoms with Gasteiger partial charge in [-0.15, -0.1) is 0 Å². The third kappa shape index (κ3) is 13.9. The Bertz CT molecular complexity index is 1600. The first-order chi connectivity index (χ1) is 27.8. The molecule has 7 rings (SSSR count). The van der Waals surface area contributed by atoms with Crippen LogP contribution in [0.2, 0.25) is 0 Å². The fourth-order valence-electron chi connectivity index (χ4n) is 8.35. The molecule has 0 fully saturated rings. The molecule has 3 aliphatic heterocycles. The number of fused-ring (bicyclic) bond motifs is 3. The standard InChI is InChI=1S/3C14H21N.C13H20/c3*1-10(2)11(3)13-6-4-5-12-7-8-15-9-14(12)13;1-11(2)12(3)9-10-13-7-5-4-6-8-13/h3*4-6,10-11,15H,7-9H2,1-3H3;4-8,11-12H,9-10H2,1-3H3/t2*11-;;/m10../s1. The highest BCUT2D eigenvalue weighted by molar-refractivity contribution is 5.41. The Morgan fingerprint density at radius 2 is 0.741 bits per heavy atom. The van der Waals surface area contributed by atoms with E-state index in [0.717, 1.165) is 68.9 Å². The number of nitrogens with one attached hydrogen (secondary N) is 3. The van der Waals surface area contributed by atoms with Gasteiger partial charge in [-0.05, 0) is 155 Å². The molecule has 2 unspecified atom stereocenters.